The molecule has 0 atom stereocenters. The van der Waals surface area contributed by atoms with E-state index in [1.807, 2.05) is 42.5 Å². The van der Waals surface area contributed by atoms with Gasteiger partial charge in [0.05, 0.1) is 21.2 Å². The highest BCUT2D eigenvalue weighted by Gasteiger charge is 2.17. The Kier molecular flexibility index (Phi) is 17.8. The maximum Gasteiger partial charge on any atom is 0.142 e. The van der Waals surface area contributed by atoms with E-state index in [9.17, 15) is 20.7 Å². The van der Waals surface area contributed by atoms with E-state index in [1.165, 1.54) is 12.4 Å². The lowest BCUT2D eigenvalue weighted by atomic mass is 9.92. The second kappa shape index (κ2) is 24.0. The lowest BCUT2D eigenvalue weighted by Crippen LogP contribution is -2.16. The maximum atomic E-state index is 9.34. The van der Waals surface area contributed by atoms with E-state index in [0.717, 1.165) is 74.9 Å². The molecule has 2 heterocycles. The summed E-state index contributed by atoms with van der Waals surface area (Å²) in [6.07, 6.45) is 10.2. The molecule has 330 valence electrons. The van der Waals surface area contributed by atoms with Gasteiger partial charge in [-0.15, -0.1) is 0 Å². The molecule has 6 rings (SSSR count). The van der Waals surface area contributed by atoms with Gasteiger partial charge >= 0.3 is 0 Å². The van der Waals surface area contributed by atoms with Crippen molar-refractivity contribution < 1.29 is 29.2 Å². The minimum atomic E-state index is 0.0878. The molecule has 0 saturated heterocycles. The molecular formula is C51H51Cl2N5O6. The summed E-state index contributed by atoms with van der Waals surface area (Å²) in [5.41, 5.74) is 10.4. The van der Waals surface area contributed by atoms with Gasteiger partial charge in [0.25, 0.3) is 0 Å². The van der Waals surface area contributed by atoms with Gasteiger partial charge in [-0.1, -0.05) is 66.0 Å². The zero-order valence-corrected chi connectivity index (χ0v) is 37.5. The van der Waals surface area contributed by atoms with Crippen LogP contribution >= 0.6 is 23.2 Å². The molecule has 0 bridgehead atoms. The fourth-order valence-electron chi connectivity index (χ4n) is 7.16. The van der Waals surface area contributed by atoms with Crippen LogP contribution in [-0.4, -0.2) is 39.9 Å². The highest BCUT2D eigenvalue weighted by atomic mass is 35.5. The third-order valence-corrected chi connectivity index (χ3v) is 11.3. The van der Waals surface area contributed by atoms with Gasteiger partial charge in [-0.2, -0.15) is 10.5 Å². The van der Waals surface area contributed by atoms with Crippen LogP contribution in [-0.2, 0) is 39.4 Å². The Labute approximate surface area is 384 Å². The standard InChI is InChI=1S/C51H51Cl2N5O6/c1-34-41(32-63-50-21-48(40(19-46(50)52)9-4-3-5-15-59)61-30-38-17-36(23-54)25-57-27-38)10-6-12-44(34)45-13-7-11-42(35(45)2)33-64-51-22-49(43(20-47(51)53)29-56-14-8-16-60)62-31-39-18-37(24-55)26-58-28-39/h6-7,10-13,17-22,25-28,56,59-60H,3-5,8-9,14-16,29-33H2,1-2H3. The second-order valence-corrected chi connectivity index (χ2v) is 16.1. The van der Waals surface area contributed by atoms with Crippen LogP contribution in [0.25, 0.3) is 11.1 Å². The number of benzene rings is 4. The number of halogens is 2. The number of unbranched alkanes of at least 4 members (excludes halogenated alkanes) is 2. The van der Waals surface area contributed by atoms with E-state index >= 15 is 0 Å². The Bertz CT molecular complexity index is 2430. The van der Waals surface area contributed by atoms with Gasteiger partial charge in [0.2, 0.25) is 0 Å². The van der Waals surface area contributed by atoms with Crippen LogP contribution in [0.2, 0.25) is 10.0 Å². The molecule has 0 radical (unpaired) electrons. The van der Waals surface area contributed by atoms with Crippen LogP contribution in [0, 0.1) is 36.5 Å². The van der Waals surface area contributed by atoms with Gasteiger partial charge < -0.3 is 34.5 Å². The van der Waals surface area contributed by atoms with Crippen molar-refractivity contribution >= 4 is 23.2 Å². The zero-order valence-electron chi connectivity index (χ0n) is 36.0. The normalized spacial score (nSPS) is 10.9. The Morgan fingerprint density at radius 1 is 0.562 bits per heavy atom. The van der Waals surface area contributed by atoms with Gasteiger partial charge in [0.1, 0.15) is 61.6 Å². The minimum Gasteiger partial charge on any atom is -0.488 e. The van der Waals surface area contributed by atoms with Crippen LogP contribution in [0.1, 0.15) is 81.3 Å². The molecule has 0 aliphatic carbocycles. The zero-order chi connectivity index (χ0) is 45.3. The average molecular weight is 901 g/mol. The lowest BCUT2D eigenvalue weighted by molar-refractivity contribution is 0.281. The Morgan fingerprint density at radius 2 is 1.06 bits per heavy atom. The lowest BCUT2D eigenvalue weighted by Gasteiger charge is -2.19. The third kappa shape index (κ3) is 12.9. The number of nitrogens with zero attached hydrogens (tertiary/aromatic N) is 4. The quantitative estimate of drug-likeness (QED) is 0.0525. The molecule has 2 aromatic heterocycles. The Balaban J connectivity index is 1.18. The van der Waals surface area contributed by atoms with Crippen LogP contribution < -0.4 is 24.3 Å². The SMILES string of the molecule is Cc1c(COc2cc(OCc3cncc(C#N)c3)c(CCCCCO)cc2Cl)cccc1-c1cccc(COc2cc(OCc3cncc(C#N)c3)c(CNCCCO)cc2Cl)c1C. The predicted molar refractivity (Wildman–Crippen MR) is 248 cm³/mol. The number of aliphatic hydroxyl groups is 2. The first-order chi connectivity index (χ1) is 31.2. The monoisotopic (exact) mass is 899 g/mol. The molecule has 11 nitrogen and oxygen atoms in total. The number of hydrogen-bond acceptors (Lipinski definition) is 11. The summed E-state index contributed by atoms with van der Waals surface area (Å²) in [6.45, 7) is 6.42. The Hall–Kier alpha value is -6.18. The molecule has 0 fully saturated rings. The molecular weight excluding hydrogens is 849 g/mol. The topological polar surface area (TPSA) is 163 Å². The molecule has 3 N–H and O–H groups in total. The number of ether oxygens (including phenoxy) is 4. The van der Waals surface area contributed by atoms with Crippen molar-refractivity contribution in [2.45, 2.75) is 78.9 Å². The molecule has 64 heavy (non-hydrogen) atoms. The molecule has 4 aromatic carbocycles. The first-order valence-corrected chi connectivity index (χ1v) is 21.9. The summed E-state index contributed by atoms with van der Waals surface area (Å²) in [4.78, 5) is 8.31. The first-order valence-electron chi connectivity index (χ1n) is 21.1. The number of hydrogen-bond donors (Lipinski definition) is 3. The van der Waals surface area contributed by atoms with Crippen molar-refractivity contribution in [2.75, 3.05) is 19.8 Å². The number of nitrogens with one attached hydrogen (secondary N) is 1. The first kappa shape index (κ1) is 47.3. The van der Waals surface area contributed by atoms with E-state index in [-0.39, 0.29) is 39.6 Å². The van der Waals surface area contributed by atoms with Crippen molar-refractivity contribution in [2.24, 2.45) is 0 Å². The summed E-state index contributed by atoms with van der Waals surface area (Å²) in [7, 11) is 0. The maximum absolute atomic E-state index is 9.34. The van der Waals surface area contributed by atoms with Crippen molar-refractivity contribution in [3.8, 4) is 46.3 Å². The summed E-state index contributed by atoms with van der Waals surface area (Å²) < 4.78 is 25.3. The summed E-state index contributed by atoms with van der Waals surface area (Å²) in [6, 6.07) is 27.4. The second-order valence-electron chi connectivity index (χ2n) is 15.3. The van der Waals surface area contributed by atoms with E-state index in [0.29, 0.717) is 70.1 Å². The summed E-state index contributed by atoms with van der Waals surface area (Å²) >= 11 is 13.6. The van der Waals surface area contributed by atoms with E-state index < -0.39 is 0 Å². The van der Waals surface area contributed by atoms with E-state index in [1.54, 1.807) is 30.6 Å². The van der Waals surface area contributed by atoms with Gasteiger partial charge in [-0.25, -0.2) is 0 Å². The molecule has 0 spiro atoms. The van der Waals surface area contributed by atoms with Crippen molar-refractivity contribution in [1.82, 2.24) is 15.3 Å². The van der Waals surface area contributed by atoms with Crippen LogP contribution in [0.5, 0.6) is 23.0 Å². The van der Waals surface area contributed by atoms with Crippen molar-refractivity contribution in [3.05, 3.63) is 163 Å². The minimum absolute atomic E-state index is 0.0878. The van der Waals surface area contributed by atoms with Crippen LogP contribution in [0.4, 0.5) is 0 Å². The number of nitriles is 2. The highest BCUT2D eigenvalue weighted by Crippen LogP contribution is 2.38. The van der Waals surface area contributed by atoms with Crippen LogP contribution in [0.15, 0.2) is 97.6 Å². The van der Waals surface area contributed by atoms with Crippen molar-refractivity contribution in [3.63, 3.8) is 0 Å². The molecule has 0 aliphatic rings. The van der Waals surface area contributed by atoms with E-state index in [2.05, 4.69) is 53.4 Å². The largest absolute Gasteiger partial charge is 0.488 e. The molecule has 0 aliphatic heterocycles. The number of rotatable bonds is 23. The smallest absolute Gasteiger partial charge is 0.142 e. The van der Waals surface area contributed by atoms with Gasteiger partial charge in [-0.3, -0.25) is 9.97 Å². The number of aromatic nitrogens is 2. The van der Waals surface area contributed by atoms with Gasteiger partial charge in [-0.05, 0) is 109 Å². The van der Waals surface area contributed by atoms with Gasteiger partial charge in [0.15, 0.2) is 0 Å². The third-order valence-electron chi connectivity index (χ3n) is 10.7. The van der Waals surface area contributed by atoms with Gasteiger partial charge in [0, 0.05) is 73.4 Å². The molecule has 13 heteroatoms. The Morgan fingerprint density at radius 3 is 1.58 bits per heavy atom. The summed E-state index contributed by atoms with van der Waals surface area (Å²) in [5.74, 6) is 2.17. The molecule has 0 amide bonds. The van der Waals surface area contributed by atoms with Crippen molar-refractivity contribution in [1.29, 1.82) is 10.5 Å². The van der Waals surface area contributed by atoms with Crippen LogP contribution in [0.3, 0.4) is 0 Å². The predicted octanol–water partition coefficient (Wildman–Crippen LogP) is 10.3. The number of pyridine rings is 2. The molecule has 0 saturated carbocycles. The fraction of sp³-hybridized carbons (Fsp3) is 0.294. The van der Waals surface area contributed by atoms with E-state index in [4.69, 9.17) is 42.1 Å². The summed E-state index contributed by atoms with van der Waals surface area (Å²) in [5, 5.41) is 41.4. The molecule has 0 unspecified atom stereocenters. The number of aliphatic hydroxyl groups excluding tert-OH is 2. The fourth-order valence-corrected chi connectivity index (χ4v) is 7.64. The highest BCUT2D eigenvalue weighted by molar-refractivity contribution is 6.32. The molecule has 6 aromatic rings. The number of aryl methyl sites for hydroxylation is 1. The average Bonchev–Trinajstić information content (AvgIpc) is 3.31.